The van der Waals surface area contributed by atoms with E-state index in [2.05, 4.69) is 5.10 Å². The van der Waals surface area contributed by atoms with E-state index < -0.39 is 0 Å². The van der Waals surface area contributed by atoms with Gasteiger partial charge in [0.2, 0.25) is 0 Å². The van der Waals surface area contributed by atoms with Crippen LogP contribution in [0.5, 0.6) is 5.75 Å². The molecule has 0 bridgehead atoms. The molecule has 0 fully saturated rings. The maximum atomic E-state index is 5.85. The van der Waals surface area contributed by atoms with E-state index in [1.54, 1.807) is 22.9 Å². The van der Waals surface area contributed by atoms with E-state index in [9.17, 15) is 0 Å². The second kappa shape index (κ2) is 4.45. The summed E-state index contributed by atoms with van der Waals surface area (Å²) in [5.74, 6) is 0.582. The Hall–Kier alpha value is -1.68. The van der Waals surface area contributed by atoms with Crippen molar-refractivity contribution in [2.75, 3.05) is 5.73 Å². The largest absolute Gasteiger partial charge is 0.485 e. The summed E-state index contributed by atoms with van der Waals surface area (Å²) in [4.78, 5) is 0. The van der Waals surface area contributed by atoms with Crippen molar-refractivity contribution in [1.82, 2.24) is 9.78 Å². The van der Waals surface area contributed by atoms with Crippen molar-refractivity contribution in [1.29, 1.82) is 0 Å². The van der Waals surface area contributed by atoms with Gasteiger partial charge in [0.1, 0.15) is 12.4 Å². The number of nitrogens with two attached hydrogens (primary N) is 1. The smallest absolute Gasteiger partial charge is 0.144 e. The molecule has 1 aromatic carbocycles. The van der Waals surface area contributed by atoms with Crippen LogP contribution in [0.4, 0.5) is 5.69 Å². The minimum absolute atomic E-state index is 0.380. The SMILES string of the molecule is Cn1ccc(COc2cc(Cl)ccc2N)n1. The average Bonchev–Trinajstić information content (AvgIpc) is 2.66. The number of aryl methyl sites for hydroxylation is 1. The molecular weight excluding hydrogens is 226 g/mol. The lowest BCUT2D eigenvalue weighted by atomic mass is 10.3. The summed E-state index contributed by atoms with van der Waals surface area (Å²) in [6.45, 7) is 0.380. The topological polar surface area (TPSA) is 53.1 Å². The molecule has 5 heteroatoms. The number of rotatable bonds is 3. The molecule has 2 aromatic rings. The highest BCUT2D eigenvalue weighted by Gasteiger charge is 2.03. The standard InChI is InChI=1S/C11H12ClN3O/c1-15-5-4-9(14-15)7-16-11-6-8(12)2-3-10(11)13/h2-6H,7,13H2,1H3. The Labute approximate surface area is 98.6 Å². The summed E-state index contributed by atoms with van der Waals surface area (Å²) in [5.41, 5.74) is 7.17. The Morgan fingerprint density at radius 1 is 1.44 bits per heavy atom. The second-order valence-corrected chi connectivity index (χ2v) is 3.89. The molecule has 0 aliphatic heterocycles. The van der Waals surface area contributed by atoms with Crippen molar-refractivity contribution in [3.8, 4) is 5.75 Å². The van der Waals surface area contributed by atoms with Crippen molar-refractivity contribution in [2.45, 2.75) is 6.61 Å². The average molecular weight is 238 g/mol. The Morgan fingerprint density at radius 3 is 2.94 bits per heavy atom. The van der Waals surface area contributed by atoms with Crippen molar-refractivity contribution >= 4 is 17.3 Å². The zero-order valence-corrected chi connectivity index (χ0v) is 9.61. The third kappa shape index (κ3) is 2.46. The van der Waals surface area contributed by atoms with E-state index in [1.807, 2.05) is 19.3 Å². The molecule has 2 rings (SSSR count). The van der Waals surface area contributed by atoms with E-state index in [1.165, 1.54) is 0 Å². The number of ether oxygens (including phenoxy) is 1. The van der Waals surface area contributed by atoms with Gasteiger partial charge in [-0.1, -0.05) is 11.6 Å². The number of halogens is 1. The van der Waals surface area contributed by atoms with Crippen LogP contribution in [0.1, 0.15) is 5.69 Å². The molecule has 0 atom stereocenters. The first-order valence-corrected chi connectivity index (χ1v) is 5.19. The second-order valence-electron chi connectivity index (χ2n) is 3.45. The van der Waals surface area contributed by atoms with Crippen LogP contribution in [-0.2, 0) is 13.7 Å². The van der Waals surface area contributed by atoms with Crippen LogP contribution < -0.4 is 10.5 Å². The van der Waals surface area contributed by atoms with Crippen LogP contribution in [0.25, 0.3) is 0 Å². The summed E-state index contributed by atoms with van der Waals surface area (Å²) in [7, 11) is 1.86. The zero-order chi connectivity index (χ0) is 11.5. The van der Waals surface area contributed by atoms with Gasteiger partial charge in [0.15, 0.2) is 0 Å². The van der Waals surface area contributed by atoms with Crippen molar-refractivity contribution in [2.24, 2.45) is 7.05 Å². The quantitative estimate of drug-likeness (QED) is 0.833. The third-order valence-electron chi connectivity index (χ3n) is 2.12. The van der Waals surface area contributed by atoms with Gasteiger partial charge >= 0.3 is 0 Å². The van der Waals surface area contributed by atoms with Crippen LogP contribution in [0.2, 0.25) is 5.02 Å². The molecule has 84 valence electrons. The van der Waals surface area contributed by atoms with Gasteiger partial charge in [0, 0.05) is 24.3 Å². The first-order chi connectivity index (χ1) is 7.65. The van der Waals surface area contributed by atoms with Crippen LogP contribution in [-0.4, -0.2) is 9.78 Å². The number of hydrogen-bond donors (Lipinski definition) is 1. The van der Waals surface area contributed by atoms with E-state index in [-0.39, 0.29) is 0 Å². The highest BCUT2D eigenvalue weighted by molar-refractivity contribution is 6.30. The monoisotopic (exact) mass is 237 g/mol. The Kier molecular flexibility index (Phi) is 3.01. The van der Waals surface area contributed by atoms with Gasteiger partial charge in [-0.25, -0.2) is 0 Å². The molecule has 0 amide bonds. The fourth-order valence-corrected chi connectivity index (χ4v) is 1.49. The lowest BCUT2D eigenvalue weighted by Crippen LogP contribution is -2.00. The van der Waals surface area contributed by atoms with Crippen LogP contribution in [0.3, 0.4) is 0 Å². The molecule has 1 heterocycles. The first-order valence-electron chi connectivity index (χ1n) is 4.81. The number of nitrogen functional groups attached to an aromatic ring is 1. The number of hydrogen-bond acceptors (Lipinski definition) is 3. The van der Waals surface area contributed by atoms with Crippen molar-refractivity contribution < 1.29 is 4.74 Å². The van der Waals surface area contributed by atoms with E-state index in [0.29, 0.717) is 23.1 Å². The van der Waals surface area contributed by atoms with E-state index in [0.717, 1.165) is 5.69 Å². The summed E-state index contributed by atoms with van der Waals surface area (Å²) in [6, 6.07) is 7.03. The van der Waals surface area contributed by atoms with Gasteiger partial charge in [0.05, 0.1) is 11.4 Å². The van der Waals surface area contributed by atoms with Gasteiger partial charge in [-0.3, -0.25) is 4.68 Å². The molecule has 0 unspecified atom stereocenters. The molecule has 0 spiro atoms. The maximum Gasteiger partial charge on any atom is 0.144 e. The van der Waals surface area contributed by atoms with E-state index >= 15 is 0 Å². The highest BCUT2D eigenvalue weighted by atomic mass is 35.5. The molecule has 0 saturated carbocycles. The number of nitrogens with zero attached hydrogens (tertiary/aromatic N) is 2. The summed E-state index contributed by atoms with van der Waals surface area (Å²) >= 11 is 5.85. The fourth-order valence-electron chi connectivity index (χ4n) is 1.33. The molecule has 4 nitrogen and oxygen atoms in total. The molecule has 0 aliphatic carbocycles. The lowest BCUT2D eigenvalue weighted by molar-refractivity contribution is 0.302. The molecule has 0 radical (unpaired) electrons. The third-order valence-corrected chi connectivity index (χ3v) is 2.36. The van der Waals surface area contributed by atoms with E-state index in [4.69, 9.17) is 22.1 Å². The van der Waals surface area contributed by atoms with Gasteiger partial charge < -0.3 is 10.5 Å². The number of aromatic nitrogens is 2. The minimum atomic E-state index is 0.380. The van der Waals surface area contributed by atoms with Crippen LogP contribution in [0, 0.1) is 0 Å². The maximum absolute atomic E-state index is 5.85. The lowest BCUT2D eigenvalue weighted by Gasteiger charge is -2.07. The van der Waals surface area contributed by atoms with Gasteiger partial charge in [0.25, 0.3) is 0 Å². The fraction of sp³-hybridized carbons (Fsp3) is 0.182. The van der Waals surface area contributed by atoms with Crippen molar-refractivity contribution in [3.05, 3.63) is 41.2 Å². The molecular formula is C11H12ClN3O. The van der Waals surface area contributed by atoms with Gasteiger partial charge in [-0.2, -0.15) is 5.10 Å². The Morgan fingerprint density at radius 2 is 2.25 bits per heavy atom. The predicted octanol–water partition coefficient (Wildman–Crippen LogP) is 2.23. The summed E-state index contributed by atoms with van der Waals surface area (Å²) in [6.07, 6.45) is 1.86. The molecule has 0 aliphatic rings. The van der Waals surface area contributed by atoms with Crippen LogP contribution in [0.15, 0.2) is 30.5 Å². The molecule has 0 saturated heterocycles. The normalized spacial score (nSPS) is 10.4. The molecule has 16 heavy (non-hydrogen) atoms. The Balaban J connectivity index is 2.07. The Bertz CT molecular complexity index is 496. The number of benzene rings is 1. The van der Waals surface area contributed by atoms with Gasteiger partial charge in [-0.05, 0) is 18.2 Å². The highest BCUT2D eigenvalue weighted by Crippen LogP contribution is 2.25. The summed E-state index contributed by atoms with van der Waals surface area (Å²) < 4.78 is 7.25. The van der Waals surface area contributed by atoms with Gasteiger partial charge in [-0.15, -0.1) is 0 Å². The predicted molar refractivity (Wildman–Crippen MR) is 63.4 cm³/mol. The van der Waals surface area contributed by atoms with Crippen molar-refractivity contribution in [3.63, 3.8) is 0 Å². The van der Waals surface area contributed by atoms with Crippen LogP contribution >= 0.6 is 11.6 Å². The number of anilines is 1. The summed E-state index contributed by atoms with van der Waals surface area (Å²) in [5, 5.41) is 4.80. The first kappa shape index (κ1) is 10.8. The minimum Gasteiger partial charge on any atom is -0.485 e. The molecule has 2 N–H and O–H groups in total. The zero-order valence-electron chi connectivity index (χ0n) is 8.85. The molecule has 1 aromatic heterocycles.